The largest absolute Gasteiger partial charge is 0.497 e. The summed E-state index contributed by atoms with van der Waals surface area (Å²) in [6, 6.07) is 3.75. The quantitative estimate of drug-likeness (QED) is 0.636. The molecule has 0 fully saturated rings. The van der Waals surface area contributed by atoms with Gasteiger partial charge in [0, 0.05) is 30.9 Å². The second-order valence-electron chi connectivity index (χ2n) is 3.84. The van der Waals surface area contributed by atoms with Gasteiger partial charge in [0.05, 0.1) is 19.4 Å². The highest BCUT2D eigenvalue weighted by Gasteiger charge is 2.00. The summed E-state index contributed by atoms with van der Waals surface area (Å²) < 4.78 is 10.2. The number of hydrogen-bond acceptors (Lipinski definition) is 5. The van der Waals surface area contributed by atoms with Crippen LogP contribution in [0.15, 0.2) is 12.1 Å². The number of hydrogen-bond donors (Lipinski definition) is 2. The number of aromatic nitrogens is 1. The van der Waals surface area contributed by atoms with E-state index in [4.69, 9.17) is 15.2 Å². The van der Waals surface area contributed by atoms with E-state index in [-0.39, 0.29) is 6.61 Å². The van der Waals surface area contributed by atoms with Crippen molar-refractivity contribution < 1.29 is 14.3 Å². The number of ether oxygens (including phenoxy) is 2. The van der Waals surface area contributed by atoms with Crippen molar-refractivity contribution in [2.24, 2.45) is 5.73 Å². The van der Waals surface area contributed by atoms with Gasteiger partial charge in [0.2, 0.25) is 5.91 Å². The first-order valence-corrected chi connectivity index (χ1v) is 5.70. The summed E-state index contributed by atoms with van der Waals surface area (Å²) in [6.07, 6.45) is 0. The topological polar surface area (TPSA) is 86.5 Å². The molecule has 100 valence electrons. The van der Waals surface area contributed by atoms with Crippen LogP contribution in [0.1, 0.15) is 11.4 Å². The first-order valence-electron chi connectivity index (χ1n) is 5.70. The average Bonchev–Trinajstić information content (AvgIpc) is 2.32. The lowest BCUT2D eigenvalue weighted by Crippen LogP contribution is -2.24. The van der Waals surface area contributed by atoms with Gasteiger partial charge < -0.3 is 20.5 Å². The van der Waals surface area contributed by atoms with Crippen LogP contribution < -0.4 is 15.8 Å². The number of methoxy groups -OCH3 is 1. The Bertz CT molecular complexity index is 396. The fraction of sp³-hybridized carbons (Fsp3) is 0.500. The Morgan fingerprint density at radius 3 is 2.94 bits per heavy atom. The van der Waals surface area contributed by atoms with Crippen LogP contribution >= 0.6 is 0 Å². The van der Waals surface area contributed by atoms with Gasteiger partial charge in [-0.25, -0.2) is 0 Å². The minimum absolute atomic E-state index is 0.0435. The number of nitrogens with zero attached hydrogens (tertiary/aromatic N) is 1. The standard InChI is InChI=1S/C12H19N3O3/c1-9-5-11(17-2)6-10(15-9)7-14-3-4-18-8-12(13)16/h5-6,14H,3-4,7-8H2,1-2H3,(H2,13,16). The van der Waals surface area contributed by atoms with Crippen molar-refractivity contribution in [3.63, 3.8) is 0 Å². The molecular weight excluding hydrogens is 234 g/mol. The van der Waals surface area contributed by atoms with Crippen LogP contribution in [0.25, 0.3) is 0 Å². The van der Waals surface area contributed by atoms with E-state index >= 15 is 0 Å². The highest BCUT2D eigenvalue weighted by Crippen LogP contribution is 2.12. The molecule has 1 aromatic heterocycles. The van der Waals surface area contributed by atoms with Crippen LogP contribution in [0.2, 0.25) is 0 Å². The summed E-state index contributed by atoms with van der Waals surface area (Å²) in [7, 11) is 1.63. The van der Waals surface area contributed by atoms with Crippen LogP contribution in [0, 0.1) is 6.92 Å². The number of primary amides is 1. The van der Waals surface area contributed by atoms with E-state index in [0.29, 0.717) is 19.7 Å². The Hall–Kier alpha value is -1.66. The van der Waals surface area contributed by atoms with Crippen LogP contribution in [0.4, 0.5) is 0 Å². The van der Waals surface area contributed by atoms with Crippen molar-refractivity contribution in [3.8, 4) is 5.75 Å². The highest BCUT2D eigenvalue weighted by atomic mass is 16.5. The third-order valence-corrected chi connectivity index (χ3v) is 2.19. The zero-order valence-electron chi connectivity index (χ0n) is 10.7. The molecule has 1 amide bonds. The molecule has 6 heteroatoms. The zero-order valence-corrected chi connectivity index (χ0v) is 10.7. The Kier molecular flexibility index (Phi) is 6.10. The Morgan fingerprint density at radius 1 is 1.50 bits per heavy atom. The Morgan fingerprint density at radius 2 is 2.28 bits per heavy atom. The fourth-order valence-corrected chi connectivity index (χ4v) is 1.44. The third-order valence-electron chi connectivity index (χ3n) is 2.19. The number of carbonyl (C=O) groups excluding carboxylic acids is 1. The van der Waals surface area contributed by atoms with E-state index in [1.807, 2.05) is 19.1 Å². The number of nitrogens with one attached hydrogen (secondary N) is 1. The molecule has 3 N–H and O–H groups in total. The van der Waals surface area contributed by atoms with Crippen molar-refractivity contribution in [3.05, 3.63) is 23.5 Å². The van der Waals surface area contributed by atoms with Gasteiger partial charge in [-0.2, -0.15) is 0 Å². The number of nitrogens with two attached hydrogens (primary N) is 1. The summed E-state index contributed by atoms with van der Waals surface area (Å²) in [5.41, 5.74) is 6.76. The SMILES string of the molecule is COc1cc(C)nc(CNCCOCC(N)=O)c1. The first kappa shape index (κ1) is 14.4. The molecule has 0 spiro atoms. The van der Waals surface area contributed by atoms with E-state index in [1.165, 1.54) is 0 Å². The van der Waals surface area contributed by atoms with Crippen LogP contribution in [-0.2, 0) is 16.1 Å². The molecule has 1 heterocycles. The van der Waals surface area contributed by atoms with Crippen molar-refractivity contribution in [1.82, 2.24) is 10.3 Å². The monoisotopic (exact) mass is 253 g/mol. The first-order chi connectivity index (χ1) is 8.61. The molecule has 0 aliphatic carbocycles. The van der Waals surface area contributed by atoms with Gasteiger partial charge in [0.15, 0.2) is 0 Å². The van der Waals surface area contributed by atoms with Crippen LogP contribution in [0.3, 0.4) is 0 Å². The van der Waals surface area contributed by atoms with E-state index < -0.39 is 5.91 Å². The number of aryl methyl sites for hydroxylation is 1. The summed E-state index contributed by atoms with van der Waals surface area (Å²) in [6.45, 7) is 3.56. The lowest BCUT2D eigenvalue weighted by atomic mass is 10.3. The van der Waals surface area contributed by atoms with Gasteiger partial charge in [-0.1, -0.05) is 0 Å². The molecule has 1 rings (SSSR count). The fourth-order valence-electron chi connectivity index (χ4n) is 1.44. The molecule has 0 aromatic carbocycles. The minimum atomic E-state index is -0.458. The predicted molar refractivity (Wildman–Crippen MR) is 67.2 cm³/mol. The van der Waals surface area contributed by atoms with Crippen molar-refractivity contribution in [2.45, 2.75) is 13.5 Å². The van der Waals surface area contributed by atoms with Crippen molar-refractivity contribution in [2.75, 3.05) is 26.9 Å². The molecule has 0 atom stereocenters. The molecule has 18 heavy (non-hydrogen) atoms. The second-order valence-corrected chi connectivity index (χ2v) is 3.84. The van der Waals surface area contributed by atoms with Crippen molar-refractivity contribution in [1.29, 1.82) is 0 Å². The summed E-state index contributed by atoms with van der Waals surface area (Å²) in [5, 5.41) is 3.16. The molecular formula is C12H19N3O3. The van der Waals surface area contributed by atoms with E-state index in [1.54, 1.807) is 7.11 Å². The van der Waals surface area contributed by atoms with Gasteiger partial charge in [-0.15, -0.1) is 0 Å². The lowest BCUT2D eigenvalue weighted by Gasteiger charge is -2.07. The Labute approximate surface area is 106 Å². The van der Waals surface area contributed by atoms with Crippen LogP contribution in [-0.4, -0.2) is 37.8 Å². The number of rotatable bonds is 8. The lowest BCUT2D eigenvalue weighted by molar-refractivity contribution is -0.122. The second kappa shape index (κ2) is 7.62. The van der Waals surface area contributed by atoms with E-state index in [0.717, 1.165) is 17.1 Å². The van der Waals surface area contributed by atoms with Gasteiger partial charge in [0.1, 0.15) is 12.4 Å². The molecule has 0 unspecified atom stereocenters. The Balaban J connectivity index is 2.26. The highest BCUT2D eigenvalue weighted by molar-refractivity contribution is 5.74. The molecule has 6 nitrogen and oxygen atoms in total. The number of pyridine rings is 1. The number of amides is 1. The predicted octanol–water partition coefficient (Wildman–Crippen LogP) is -0.00988. The number of carbonyl (C=O) groups is 1. The molecule has 0 aliphatic rings. The molecule has 0 bridgehead atoms. The van der Waals surface area contributed by atoms with Gasteiger partial charge >= 0.3 is 0 Å². The maximum atomic E-state index is 10.4. The minimum Gasteiger partial charge on any atom is -0.497 e. The summed E-state index contributed by atoms with van der Waals surface area (Å²) >= 11 is 0. The maximum absolute atomic E-state index is 10.4. The van der Waals surface area contributed by atoms with E-state index in [2.05, 4.69) is 10.3 Å². The molecule has 0 aliphatic heterocycles. The third kappa shape index (κ3) is 5.60. The average molecular weight is 253 g/mol. The van der Waals surface area contributed by atoms with E-state index in [9.17, 15) is 4.79 Å². The molecule has 0 saturated heterocycles. The molecule has 0 saturated carbocycles. The normalized spacial score (nSPS) is 10.3. The summed E-state index contributed by atoms with van der Waals surface area (Å²) in [5.74, 6) is 0.337. The zero-order chi connectivity index (χ0) is 13.4. The van der Waals surface area contributed by atoms with Crippen LogP contribution in [0.5, 0.6) is 5.75 Å². The molecule has 0 radical (unpaired) electrons. The summed E-state index contributed by atoms with van der Waals surface area (Å²) in [4.78, 5) is 14.8. The van der Waals surface area contributed by atoms with Gasteiger partial charge in [0.25, 0.3) is 0 Å². The van der Waals surface area contributed by atoms with Gasteiger partial charge in [-0.05, 0) is 6.92 Å². The maximum Gasteiger partial charge on any atom is 0.243 e. The molecule has 1 aromatic rings. The van der Waals surface area contributed by atoms with Gasteiger partial charge in [-0.3, -0.25) is 9.78 Å². The van der Waals surface area contributed by atoms with Crippen molar-refractivity contribution >= 4 is 5.91 Å². The smallest absolute Gasteiger partial charge is 0.243 e.